The normalized spacial score (nSPS) is 22.9. The molecule has 0 N–H and O–H groups in total. The molecule has 3 atom stereocenters. The number of ether oxygens (including phenoxy) is 2. The summed E-state index contributed by atoms with van der Waals surface area (Å²) in [5.41, 5.74) is 8.83. The first kappa shape index (κ1) is 39.2. The summed E-state index contributed by atoms with van der Waals surface area (Å²) in [6, 6.07) is 9.93. The second-order valence-electron chi connectivity index (χ2n) is 15.3. The molecular formula is C42H66FeO2P2. The maximum absolute atomic E-state index is 5.83. The molecule has 4 aliphatic rings. The molecule has 0 aromatic heterocycles. The van der Waals surface area contributed by atoms with E-state index < -0.39 is 7.92 Å². The van der Waals surface area contributed by atoms with Crippen molar-refractivity contribution in [2.75, 3.05) is 14.2 Å². The fourth-order valence-corrected chi connectivity index (χ4v) is 18.4. The maximum atomic E-state index is 5.83. The van der Waals surface area contributed by atoms with Crippen LogP contribution in [-0.2, 0) is 17.1 Å². The molecule has 2 aromatic rings. The van der Waals surface area contributed by atoms with Crippen molar-refractivity contribution in [1.82, 2.24) is 0 Å². The number of benzene rings is 2. The monoisotopic (exact) mass is 720 g/mol. The molecule has 0 aliphatic heterocycles. The SMILES string of the molecule is C1CCCC1.COc1c(C)cc(P(c2cc(C)c(OC)c(C)c2)C2CCCC2[C@@H](C)P(C2CCCCC2)C2CCCCC2)cc1C.[Fe]. The first-order valence-electron chi connectivity index (χ1n) is 19.2. The Morgan fingerprint density at radius 1 is 0.532 bits per heavy atom. The summed E-state index contributed by atoms with van der Waals surface area (Å²) >= 11 is 0. The molecule has 4 fully saturated rings. The second-order valence-corrected chi connectivity index (χ2v) is 20.9. The van der Waals surface area contributed by atoms with Gasteiger partial charge in [-0.05, 0) is 160 Å². The van der Waals surface area contributed by atoms with Crippen LogP contribution in [0.4, 0.5) is 0 Å². The molecule has 0 amide bonds. The van der Waals surface area contributed by atoms with E-state index in [-0.39, 0.29) is 25.0 Å². The van der Waals surface area contributed by atoms with Crippen molar-refractivity contribution >= 4 is 26.5 Å². The quantitative estimate of drug-likeness (QED) is 0.190. The number of hydrogen-bond acceptors (Lipinski definition) is 2. The molecule has 0 heterocycles. The molecule has 4 saturated carbocycles. The summed E-state index contributed by atoms with van der Waals surface area (Å²) < 4.78 is 11.7. The van der Waals surface area contributed by atoms with Crippen LogP contribution in [0.5, 0.6) is 11.5 Å². The van der Waals surface area contributed by atoms with E-state index >= 15 is 0 Å². The van der Waals surface area contributed by atoms with Gasteiger partial charge in [-0.2, -0.15) is 0 Å². The third-order valence-electron chi connectivity index (χ3n) is 12.1. The van der Waals surface area contributed by atoms with E-state index in [1.54, 1.807) is 10.6 Å². The van der Waals surface area contributed by atoms with E-state index in [1.807, 2.05) is 14.2 Å². The Balaban J connectivity index is 0.000000762. The average molecular weight is 721 g/mol. The van der Waals surface area contributed by atoms with Crippen molar-refractivity contribution in [2.24, 2.45) is 5.92 Å². The van der Waals surface area contributed by atoms with Gasteiger partial charge in [0.1, 0.15) is 11.5 Å². The van der Waals surface area contributed by atoms with E-state index in [4.69, 9.17) is 9.47 Å². The topological polar surface area (TPSA) is 18.5 Å². The average Bonchev–Trinajstić information content (AvgIpc) is 3.79. The Morgan fingerprint density at radius 2 is 0.894 bits per heavy atom. The number of aryl methyl sites for hydroxylation is 4. The first-order valence-corrected chi connectivity index (χ1v) is 22.2. The molecule has 47 heavy (non-hydrogen) atoms. The van der Waals surface area contributed by atoms with Crippen LogP contribution in [-0.4, -0.2) is 36.9 Å². The second kappa shape index (κ2) is 19.1. The number of hydrogen-bond donors (Lipinski definition) is 0. The van der Waals surface area contributed by atoms with E-state index in [0.29, 0.717) is 0 Å². The molecule has 0 bridgehead atoms. The predicted molar refractivity (Wildman–Crippen MR) is 205 cm³/mol. The molecule has 5 heteroatoms. The maximum Gasteiger partial charge on any atom is 0.124 e. The van der Waals surface area contributed by atoms with Crippen molar-refractivity contribution in [3.05, 3.63) is 46.5 Å². The van der Waals surface area contributed by atoms with Gasteiger partial charge in [0, 0.05) is 17.1 Å². The van der Waals surface area contributed by atoms with Crippen LogP contribution in [0, 0.1) is 33.6 Å². The molecule has 2 unspecified atom stereocenters. The van der Waals surface area contributed by atoms with Gasteiger partial charge >= 0.3 is 0 Å². The fourth-order valence-electron chi connectivity index (χ4n) is 9.99. The van der Waals surface area contributed by atoms with Crippen LogP contribution < -0.4 is 20.1 Å². The molecule has 6 rings (SSSR count). The molecule has 2 aromatic carbocycles. The Labute approximate surface area is 302 Å². The standard InChI is InChI=1S/C37H56O2P2.C5H10.Fe/c1-25-21-32(22-26(2)36(25)38-6)41(33-23-27(3)37(39-7)28(4)24-33)35-20-14-19-34(35)29(5)40(30-15-10-8-11-16-30)31-17-12-9-13-18-31;1-2-4-5-3-1;/h21-24,29-31,34-35H,8-20H2,1-7H3;1-5H2;/t29-,34?,35?;;/m1../s1. The fraction of sp³-hybridized carbons (Fsp3) is 0.714. The van der Waals surface area contributed by atoms with Crippen LogP contribution >= 0.6 is 15.8 Å². The largest absolute Gasteiger partial charge is 0.496 e. The zero-order valence-electron chi connectivity index (χ0n) is 31.0. The molecule has 0 radical (unpaired) electrons. The summed E-state index contributed by atoms with van der Waals surface area (Å²) in [4.78, 5) is 0. The van der Waals surface area contributed by atoms with Gasteiger partial charge in [0.2, 0.25) is 0 Å². The van der Waals surface area contributed by atoms with Crippen molar-refractivity contribution in [1.29, 1.82) is 0 Å². The van der Waals surface area contributed by atoms with E-state index in [2.05, 4.69) is 58.9 Å². The van der Waals surface area contributed by atoms with Crippen molar-refractivity contribution in [3.8, 4) is 11.5 Å². The third-order valence-corrected chi connectivity index (χ3v) is 19.0. The molecule has 0 spiro atoms. The van der Waals surface area contributed by atoms with Gasteiger partial charge < -0.3 is 9.47 Å². The van der Waals surface area contributed by atoms with E-state index in [1.165, 1.54) is 138 Å². The van der Waals surface area contributed by atoms with Crippen LogP contribution in [0.25, 0.3) is 0 Å². The minimum atomic E-state index is -0.484. The van der Waals surface area contributed by atoms with E-state index in [9.17, 15) is 0 Å². The summed E-state index contributed by atoms with van der Waals surface area (Å²) in [5.74, 6) is 2.96. The smallest absolute Gasteiger partial charge is 0.124 e. The summed E-state index contributed by atoms with van der Waals surface area (Å²) in [7, 11) is 3.23. The van der Waals surface area contributed by atoms with Gasteiger partial charge in [-0.3, -0.25) is 0 Å². The van der Waals surface area contributed by atoms with Crippen molar-refractivity contribution < 1.29 is 26.5 Å². The van der Waals surface area contributed by atoms with Gasteiger partial charge in [-0.1, -0.05) is 91.9 Å². The Hall–Kier alpha value is -0.581. The zero-order chi connectivity index (χ0) is 32.6. The van der Waals surface area contributed by atoms with Gasteiger partial charge in [0.15, 0.2) is 0 Å². The molecule has 2 nitrogen and oxygen atoms in total. The van der Waals surface area contributed by atoms with Crippen molar-refractivity contribution in [2.45, 2.75) is 173 Å². The van der Waals surface area contributed by atoms with Gasteiger partial charge in [-0.15, -0.1) is 0 Å². The Kier molecular flexibility index (Phi) is 16.0. The Morgan fingerprint density at radius 3 is 1.26 bits per heavy atom. The minimum absolute atomic E-state index is 0. The van der Waals surface area contributed by atoms with Crippen molar-refractivity contribution in [3.63, 3.8) is 0 Å². The predicted octanol–water partition coefficient (Wildman–Crippen LogP) is 12.0. The first-order chi connectivity index (χ1) is 22.3. The minimum Gasteiger partial charge on any atom is -0.496 e. The molecule has 264 valence electrons. The number of methoxy groups -OCH3 is 2. The molecule has 0 saturated heterocycles. The van der Waals surface area contributed by atoms with Crippen LogP contribution in [0.3, 0.4) is 0 Å². The van der Waals surface area contributed by atoms with Gasteiger partial charge in [0.25, 0.3) is 0 Å². The molecule has 4 aliphatic carbocycles. The summed E-state index contributed by atoms with van der Waals surface area (Å²) in [5, 5.41) is 3.12. The van der Waals surface area contributed by atoms with E-state index in [0.717, 1.165) is 40.1 Å². The van der Waals surface area contributed by atoms with Gasteiger partial charge in [0.05, 0.1) is 14.2 Å². The summed E-state index contributed by atoms with van der Waals surface area (Å²) in [6.45, 7) is 11.7. The third kappa shape index (κ3) is 9.60. The molecular weight excluding hydrogens is 654 g/mol. The van der Waals surface area contributed by atoms with Gasteiger partial charge in [-0.25, -0.2) is 0 Å². The Bertz CT molecular complexity index is 1120. The summed E-state index contributed by atoms with van der Waals surface area (Å²) in [6.07, 6.45) is 26.7. The zero-order valence-corrected chi connectivity index (χ0v) is 33.9. The van der Waals surface area contributed by atoms with Crippen LogP contribution in [0.1, 0.15) is 145 Å². The van der Waals surface area contributed by atoms with Crippen LogP contribution in [0.2, 0.25) is 0 Å². The van der Waals surface area contributed by atoms with Crippen LogP contribution in [0.15, 0.2) is 24.3 Å². The number of rotatable bonds is 9.